The summed E-state index contributed by atoms with van der Waals surface area (Å²) in [4.78, 5) is 9.78. The van der Waals surface area contributed by atoms with E-state index in [1.165, 1.54) is 75.8 Å². The Bertz CT molecular complexity index is 1300. The Hall–Kier alpha value is -2.68. The third kappa shape index (κ3) is 6.55. The van der Waals surface area contributed by atoms with Crippen molar-refractivity contribution < 1.29 is 9.78 Å². The van der Waals surface area contributed by atoms with Crippen LogP contribution in [0, 0.1) is 32.1 Å². The SMILES string of the molecule is CCC(CC)(c1ccc(/C=C/C(CC)(CC)C2CC2)c(C)c1)c1cc(C)c(-c2ccc(CCOOC)cc2)c(C)c1. The fourth-order valence-electron chi connectivity index (χ4n) is 7.28. The van der Waals surface area contributed by atoms with Crippen LogP contribution in [0.2, 0.25) is 0 Å². The first-order chi connectivity index (χ1) is 19.8. The second-order valence-corrected chi connectivity index (χ2v) is 12.3. The van der Waals surface area contributed by atoms with Gasteiger partial charge in [0.05, 0.1) is 13.7 Å². The molecule has 0 spiro atoms. The van der Waals surface area contributed by atoms with Gasteiger partial charge in [-0.3, -0.25) is 0 Å². The molecule has 1 aliphatic carbocycles. The highest BCUT2D eigenvalue weighted by Gasteiger charge is 2.40. The average molecular weight is 553 g/mol. The van der Waals surface area contributed by atoms with Crippen molar-refractivity contribution >= 4 is 6.08 Å². The first-order valence-corrected chi connectivity index (χ1v) is 15.9. The van der Waals surface area contributed by atoms with E-state index in [0.29, 0.717) is 12.0 Å². The van der Waals surface area contributed by atoms with Gasteiger partial charge in [-0.25, -0.2) is 9.78 Å². The first kappa shape index (κ1) is 31.3. The molecule has 3 aromatic carbocycles. The van der Waals surface area contributed by atoms with Crippen LogP contribution in [0.25, 0.3) is 17.2 Å². The van der Waals surface area contributed by atoms with Crippen molar-refractivity contribution in [3.8, 4) is 11.1 Å². The van der Waals surface area contributed by atoms with Gasteiger partial charge in [-0.1, -0.05) is 94.4 Å². The number of allylic oxidation sites excluding steroid dienone is 1. The molecule has 41 heavy (non-hydrogen) atoms. The molecule has 0 aliphatic heterocycles. The molecule has 0 amide bonds. The Morgan fingerprint density at radius 2 is 1.37 bits per heavy atom. The number of benzene rings is 3. The number of hydrogen-bond donors (Lipinski definition) is 0. The van der Waals surface area contributed by atoms with Crippen LogP contribution in [0.5, 0.6) is 0 Å². The molecule has 3 aromatic rings. The number of rotatable bonds is 14. The Labute approximate surface area is 250 Å². The molecular weight excluding hydrogens is 500 g/mol. The molecule has 2 nitrogen and oxygen atoms in total. The fourth-order valence-corrected chi connectivity index (χ4v) is 7.28. The van der Waals surface area contributed by atoms with Crippen molar-refractivity contribution in [1.82, 2.24) is 0 Å². The molecule has 4 rings (SSSR count). The molecule has 220 valence electrons. The van der Waals surface area contributed by atoms with Crippen LogP contribution >= 0.6 is 0 Å². The maximum Gasteiger partial charge on any atom is 0.0862 e. The zero-order valence-electron chi connectivity index (χ0n) is 26.9. The standard InChI is InChI=1S/C39H52O2/c1-9-38(10-2,34-19-20-34)23-21-32-17-18-35(25-28(32)5)39(11-3,12-4)36-26-29(6)37(30(7)27-36)33-15-13-31(14-16-33)22-24-41-40-8/h13-18,21,23,25-27,34H,9-12,19-20,22,24H2,1-8H3/b23-21+. The van der Waals surface area contributed by atoms with Gasteiger partial charge in [-0.15, -0.1) is 0 Å². The van der Waals surface area contributed by atoms with Gasteiger partial charge in [0, 0.05) is 5.41 Å². The lowest BCUT2D eigenvalue weighted by Gasteiger charge is -2.35. The van der Waals surface area contributed by atoms with E-state index in [-0.39, 0.29) is 5.41 Å². The second kappa shape index (κ2) is 13.5. The van der Waals surface area contributed by atoms with Crippen LogP contribution in [0.1, 0.15) is 105 Å². The quantitative estimate of drug-likeness (QED) is 0.112. The molecule has 1 saturated carbocycles. The summed E-state index contributed by atoms with van der Waals surface area (Å²) >= 11 is 0. The lowest BCUT2D eigenvalue weighted by molar-refractivity contribution is -0.271. The van der Waals surface area contributed by atoms with E-state index >= 15 is 0 Å². The van der Waals surface area contributed by atoms with Crippen LogP contribution in [0.4, 0.5) is 0 Å². The molecule has 0 saturated heterocycles. The topological polar surface area (TPSA) is 18.5 Å². The largest absolute Gasteiger partial charge is 0.240 e. The summed E-state index contributed by atoms with van der Waals surface area (Å²) in [5.74, 6) is 0.879. The highest BCUT2D eigenvalue weighted by Crippen LogP contribution is 2.51. The Balaban J connectivity index is 1.64. The zero-order valence-corrected chi connectivity index (χ0v) is 26.9. The summed E-state index contributed by atoms with van der Waals surface area (Å²) in [5.41, 5.74) is 12.5. The Kier molecular flexibility index (Phi) is 10.3. The van der Waals surface area contributed by atoms with E-state index in [9.17, 15) is 0 Å². The van der Waals surface area contributed by atoms with Gasteiger partial charge in [0.25, 0.3) is 0 Å². The van der Waals surface area contributed by atoms with Crippen LogP contribution in [-0.4, -0.2) is 13.7 Å². The summed E-state index contributed by atoms with van der Waals surface area (Å²) in [7, 11) is 1.55. The number of aryl methyl sites for hydroxylation is 3. The summed E-state index contributed by atoms with van der Waals surface area (Å²) < 4.78 is 0. The maximum atomic E-state index is 5.05. The van der Waals surface area contributed by atoms with Crippen molar-refractivity contribution in [3.05, 3.63) is 99.6 Å². The van der Waals surface area contributed by atoms with Crippen molar-refractivity contribution in [2.24, 2.45) is 11.3 Å². The predicted molar refractivity (Wildman–Crippen MR) is 175 cm³/mol. The fraction of sp³-hybridized carbons (Fsp3) is 0.487. The van der Waals surface area contributed by atoms with Gasteiger partial charge in [0.2, 0.25) is 0 Å². The van der Waals surface area contributed by atoms with E-state index in [0.717, 1.165) is 25.2 Å². The van der Waals surface area contributed by atoms with E-state index in [1.807, 2.05) is 0 Å². The number of hydrogen-bond acceptors (Lipinski definition) is 2. The first-order valence-electron chi connectivity index (χ1n) is 15.9. The Morgan fingerprint density at radius 3 is 1.88 bits per heavy atom. The van der Waals surface area contributed by atoms with Crippen molar-refractivity contribution in [2.75, 3.05) is 13.7 Å². The molecule has 2 heteroatoms. The molecule has 0 heterocycles. The van der Waals surface area contributed by atoms with Crippen molar-refractivity contribution in [1.29, 1.82) is 0 Å². The smallest absolute Gasteiger partial charge is 0.0862 e. The van der Waals surface area contributed by atoms with Crippen LogP contribution in [0.15, 0.2) is 60.7 Å². The monoisotopic (exact) mass is 552 g/mol. The molecular formula is C39H52O2. The third-order valence-electron chi connectivity index (χ3n) is 10.3. The minimum atomic E-state index is -0.00311. The predicted octanol–water partition coefficient (Wildman–Crippen LogP) is 10.7. The van der Waals surface area contributed by atoms with Gasteiger partial charge < -0.3 is 0 Å². The van der Waals surface area contributed by atoms with Crippen molar-refractivity contribution in [3.63, 3.8) is 0 Å². The van der Waals surface area contributed by atoms with Gasteiger partial charge in [0.15, 0.2) is 0 Å². The zero-order chi connectivity index (χ0) is 29.6. The minimum Gasteiger partial charge on any atom is -0.240 e. The summed E-state index contributed by atoms with van der Waals surface area (Å²) in [5, 5.41) is 0. The molecule has 0 bridgehead atoms. The lowest BCUT2D eigenvalue weighted by Crippen LogP contribution is -2.26. The maximum absolute atomic E-state index is 5.05. The molecule has 0 atom stereocenters. The minimum absolute atomic E-state index is 0.00311. The summed E-state index contributed by atoms with van der Waals surface area (Å²) in [6.45, 7) is 16.8. The van der Waals surface area contributed by atoms with Gasteiger partial charge in [-0.05, 0) is 127 Å². The van der Waals surface area contributed by atoms with E-state index in [2.05, 4.69) is 115 Å². The van der Waals surface area contributed by atoms with E-state index < -0.39 is 0 Å². The highest BCUT2D eigenvalue weighted by molar-refractivity contribution is 5.72. The molecule has 0 unspecified atom stereocenters. The van der Waals surface area contributed by atoms with Gasteiger partial charge in [-0.2, -0.15) is 0 Å². The van der Waals surface area contributed by atoms with E-state index in [1.54, 1.807) is 7.11 Å². The van der Waals surface area contributed by atoms with Gasteiger partial charge in [0.1, 0.15) is 0 Å². The molecule has 0 N–H and O–H groups in total. The van der Waals surface area contributed by atoms with E-state index in [4.69, 9.17) is 9.78 Å². The summed E-state index contributed by atoms with van der Waals surface area (Å²) in [6.07, 6.45) is 13.2. The second-order valence-electron chi connectivity index (χ2n) is 12.3. The van der Waals surface area contributed by atoms with Gasteiger partial charge >= 0.3 is 0 Å². The molecule has 1 fully saturated rings. The average Bonchev–Trinajstić information content (AvgIpc) is 3.83. The van der Waals surface area contributed by atoms with Crippen LogP contribution < -0.4 is 0 Å². The van der Waals surface area contributed by atoms with Crippen LogP contribution in [0.3, 0.4) is 0 Å². The lowest BCUT2D eigenvalue weighted by atomic mass is 9.69. The normalized spacial score (nSPS) is 14.2. The molecule has 1 aliphatic rings. The third-order valence-corrected chi connectivity index (χ3v) is 10.3. The highest BCUT2D eigenvalue weighted by atomic mass is 17.2. The molecule has 0 radical (unpaired) electrons. The van der Waals surface area contributed by atoms with Crippen LogP contribution in [-0.2, 0) is 21.6 Å². The van der Waals surface area contributed by atoms with Crippen molar-refractivity contribution in [2.45, 2.75) is 98.8 Å². The molecule has 0 aromatic heterocycles. The Morgan fingerprint density at radius 1 is 0.756 bits per heavy atom. The summed E-state index contributed by atoms with van der Waals surface area (Å²) in [6, 6.07) is 21.0.